The SMILES string of the molecule is O=C(OCc1nc2ccccc2n1C(F)F)c1ccc(-c2ccc(F)cc2)o1. The van der Waals surface area contributed by atoms with E-state index in [-0.39, 0.29) is 17.1 Å². The van der Waals surface area contributed by atoms with Crippen molar-refractivity contribution in [2.24, 2.45) is 0 Å². The van der Waals surface area contributed by atoms with Crippen LogP contribution in [0.3, 0.4) is 0 Å². The number of alkyl halides is 2. The van der Waals surface area contributed by atoms with Crippen LogP contribution in [-0.4, -0.2) is 15.5 Å². The molecule has 0 aliphatic rings. The van der Waals surface area contributed by atoms with E-state index in [0.29, 0.717) is 21.4 Å². The number of halogens is 3. The number of fused-ring (bicyclic) bond motifs is 1. The number of esters is 1. The van der Waals surface area contributed by atoms with E-state index in [0.717, 1.165) is 0 Å². The van der Waals surface area contributed by atoms with Crippen LogP contribution in [0.25, 0.3) is 22.4 Å². The minimum absolute atomic E-state index is 0.0742. The number of hydrogen-bond donors (Lipinski definition) is 0. The summed E-state index contributed by atoms with van der Waals surface area (Å²) in [6, 6.07) is 14.9. The molecule has 28 heavy (non-hydrogen) atoms. The second kappa shape index (κ2) is 7.22. The highest BCUT2D eigenvalue weighted by molar-refractivity contribution is 5.87. The summed E-state index contributed by atoms with van der Waals surface area (Å²) in [7, 11) is 0. The van der Waals surface area contributed by atoms with Gasteiger partial charge in [0.25, 0.3) is 0 Å². The van der Waals surface area contributed by atoms with E-state index < -0.39 is 24.9 Å². The highest BCUT2D eigenvalue weighted by Gasteiger charge is 2.20. The molecule has 0 saturated heterocycles. The van der Waals surface area contributed by atoms with E-state index in [2.05, 4.69) is 4.98 Å². The predicted octanol–water partition coefficient (Wildman–Crippen LogP) is 5.19. The first kappa shape index (κ1) is 17.8. The lowest BCUT2D eigenvalue weighted by Crippen LogP contribution is -2.10. The van der Waals surface area contributed by atoms with Gasteiger partial charge in [0.05, 0.1) is 11.0 Å². The van der Waals surface area contributed by atoms with Gasteiger partial charge >= 0.3 is 12.5 Å². The Kier molecular flexibility index (Phi) is 4.60. The summed E-state index contributed by atoms with van der Waals surface area (Å²) in [5, 5.41) is 0. The van der Waals surface area contributed by atoms with Crippen LogP contribution in [0, 0.1) is 5.82 Å². The Bertz CT molecular complexity index is 1130. The van der Waals surface area contributed by atoms with Crippen molar-refractivity contribution in [1.82, 2.24) is 9.55 Å². The van der Waals surface area contributed by atoms with Gasteiger partial charge in [-0.2, -0.15) is 8.78 Å². The highest BCUT2D eigenvalue weighted by atomic mass is 19.3. The Morgan fingerprint density at radius 2 is 1.82 bits per heavy atom. The van der Waals surface area contributed by atoms with Gasteiger partial charge in [-0.3, -0.25) is 4.57 Å². The summed E-state index contributed by atoms with van der Waals surface area (Å²) in [5.74, 6) is -1.03. The molecule has 8 heteroatoms. The molecule has 0 saturated carbocycles. The molecule has 0 atom stereocenters. The minimum atomic E-state index is -2.82. The zero-order chi connectivity index (χ0) is 19.7. The number of para-hydroxylation sites is 2. The Balaban J connectivity index is 1.52. The van der Waals surface area contributed by atoms with E-state index in [1.807, 2.05) is 0 Å². The van der Waals surface area contributed by atoms with Crippen LogP contribution < -0.4 is 0 Å². The van der Waals surface area contributed by atoms with Crippen molar-refractivity contribution >= 4 is 17.0 Å². The molecular weight excluding hydrogens is 373 g/mol. The number of benzene rings is 2. The lowest BCUT2D eigenvalue weighted by atomic mass is 10.2. The third kappa shape index (κ3) is 3.36. The zero-order valence-corrected chi connectivity index (χ0v) is 14.3. The number of carbonyl (C=O) groups is 1. The van der Waals surface area contributed by atoms with Crippen LogP contribution in [0.5, 0.6) is 0 Å². The van der Waals surface area contributed by atoms with Crippen LogP contribution in [0.1, 0.15) is 22.9 Å². The molecule has 142 valence electrons. The van der Waals surface area contributed by atoms with Crippen LogP contribution in [0.2, 0.25) is 0 Å². The Morgan fingerprint density at radius 3 is 2.57 bits per heavy atom. The zero-order valence-electron chi connectivity index (χ0n) is 14.3. The summed E-state index contributed by atoms with van der Waals surface area (Å²) in [6.45, 7) is -3.26. The van der Waals surface area contributed by atoms with Gasteiger partial charge < -0.3 is 9.15 Å². The monoisotopic (exact) mass is 386 g/mol. The van der Waals surface area contributed by atoms with Crippen LogP contribution in [-0.2, 0) is 11.3 Å². The standard InChI is InChI=1S/C20H13F3N2O3/c21-13-7-5-12(6-8-13)16-9-10-17(28-16)19(26)27-11-18-24-14-3-1-2-4-15(14)25(18)20(22)23/h1-10,20H,11H2. The van der Waals surface area contributed by atoms with Gasteiger partial charge in [0.15, 0.2) is 5.82 Å². The lowest BCUT2D eigenvalue weighted by molar-refractivity contribution is 0.0359. The van der Waals surface area contributed by atoms with Crippen LogP contribution in [0.15, 0.2) is 65.1 Å². The molecule has 0 aliphatic heterocycles. The number of rotatable bonds is 5. The summed E-state index contributed by atoms with van der Waals surface area (Å²) < 4.78 is 51.0. The lowest BCUT2D eigenvalue weighted by Gasteiger charge is -2.07. The molecule has 0 amide bonds. The molecule has 0 aliphatic carbocycles. The molecule has 0 fully saturated rings. The van der Waals surface area contributed by atoms with E-state index >= 15 is 0 Å². The smallest absolute Gasteiger partial charge is 0.374 e. The van der Waals surface area contributed by atoms with Gasteiger partial charge in [-0.25, -0.2) is 14.2 Å². The third-order valence-electron chi connectivity index (χ3n) is 4.13. The summed E-state index contributed by atoms with van der Waals surface area (Å²) >= 11 is 0. The number of nitrogens with zero attached hydrogens (tertiary/aromatic N) is 2. The van der Waals surface area contributed by atoms with Crippen molar-refractivity contribution in [1.29, 1.82) is 0 Å². The molecule has 0 unspecified atom stereocenters. The number of furan rings is 1. The normalized spacial score (nSPS) is 11.3. The maximum atomic E-state index is 13.4. The maximum absolute atomic E-state index is 13.4. The fraction of sp³-hybridized carbons (Fsp3) is 0.100. The van der Waals surface area contributed by atoms with Crippen LogP contribution >= 0.6 is 0 Å². The van der Waals surface area contributed by atoms with Gasteiger partial charge in [-0.15, -0.1) is 0 Å². The van der Waals surface area contributed by atoms with Gasteiger partial charge in [-0.05, 0) is 48.5 Å². The van der Waals surface area contributed by atoms with Gasteiger partial charge in [0.2, 0.25) is 5.76 Å². The third-order valence-corrected chi connectivity index (χ3v) is 4.13. The largest absolute Gasteiger partial charge is 0.452 e. The Hall–Kier alpha value is -3.55. The van der Waals surface area contributed by atoms with Crippen molar-refractivity contribution < 1.29 is 27.1 Å². The number of hydrogen-bond acceptors (Lipinski definition) is 4. The van der Waals surface area contributed by atoms with Gasteiger partial charge in [0.1, 0.15) is 18.2 Å². The molecule has 0 spiro atoms. The summed E-state index contributed by atoms with van der Waals surface area (Å²) in [5.41, 5.74) is 1.21. The van der Waals surface area contributed by atoms with E-state index in [9.17, 15) is 18.0 Å². The van der Waals surface area contributed by atoms with Gasteiger partial charge in [0, 0.05) is 5.56 Å². The quantitative estimate of drug-likeness (QED) is 0.443. The van der Waals surface area contributed by atoms with Crippen molar-refractivity contribution in [2.45, 2.75) is 13.2 Å². The first-order valence-corrected chi connectivity index (χ1v) is 8.30. The first-order chi connectivity index (χ1) is 13.5. The van der Waals surface area contributed by atoms with Gasteiger partial charge in [-0.1, -0.05) is 12.1 Å². The fourth-order valence-corrected chi connectivity index (χ4v) is 2.83. The number of imidazole rings is 1. The predicted molar refractivity (Wildman–Crippen MR) is 94.2 cm³/mol. The molecule has 2 heterocycles. The number of ether oxygens (including phenoxy) is 1. The van der Waals surface area contributed by atoms with E-state index in [1.54, 1.807) is 18.2 Å². The second-order valence-corrected chi connectivity index (χ2v) is 5.91. The molecule has 5 nitrogen and oxygen atoms in total. The second-order valence-electron chi connectivity index (χ2n) is 5.91. The summed E-state index contributed by atoms with van der Waals surface area (Å²) in [6.07, 6.45) is 0. The molecule has 0 N–H and O–H groups in total. The van der Waals surface area contributed by atoms with Crippen molar-refractivity contribution in [3.63, 3.8) is 0 Å². The van der Waals surface area contributed by atoms with Crippen molar-refractivity contribution in [2.75, 3.05) is 0 Å². The van der Waals surface area contributed by atoms with E-state index in [1.165, 1.54) is 42.5 Å². The minimum Gasteiger partial charge on any atom is -0.452 e. The Labute approximate surface area is 157 Å². The first-order valence-electron chi connectivity index (χ1n) is 8.30. The van der Waals surface area contributed by atoms with E-state index in [4.69, 9.17) is 9.15 Å². The molecular formula is C20H13F3N2O3. The maximum Gasteiger partial charge on any atom is 0.374 e. The van der Waals surface area contributed by atoms with Crippen LogP contribution in [0.4, 0.5) is 13.2 Å². The Morgan fingerprint density at radius 1 is 1.07 bits per heavy atom. The number of carbonyl (C=O) groups excluding carboxylic acids is 1. The molecule has 2 aromatic heterocycles. The molecule has 2 aromatic carbocycles. The molecule has 4 rings (SSSR count). The highest BCUT2D eigenvalue weighted by Crippen LogP contribution is 2.25. The summed E-state index contributed by atoms with van der Waals surface area (Å²) in [4.78, 5) is 16.3. The fourth-order valence-electron chi connectivity index (χ4n) is 2.83. The molecule has 0 bridgehead atoms. The average molecular weight is 386 g/mol. The number of aromatic nitrogens is 2. The average Bonchev–Trinajstić information content (AvgIpc) is 3.31. The van der Waals surface area contributed by atoms with Crippen molar-refractivity contribution in [3.8, 4) is 11.3 Å². The van der Waals surface area contributed by atoms with Crippen molar-refractivity contribution in [3.05, 3.63) is 78.1 Å². The topological polar surface area (TPSA) is 57.3 Å². The molecule has 4 aromatic rings. The molecule has 0 radical (unpaired) electrons.